The van der Waals surface area contributed by atoms with E-state index in [2.05, 4.69) is 24.8 Å². The molecule has 0 saturated carbocycles. The molecule has 0 unspecified atom stereocenters. The summed E-state index contributed by atoms with van der Waals surface area (Å²) in [6.45, 7) is 0.154. The molecule has 0 aliphatic heterocycles. The van der Waals surface area contributed by atoms with Crippen molar-refractivity contribution in [2.45, 2.75) is 0 Å². The lowest BCUT2D eigenvalue weighted by Crippen LogP contribution is -2.27. The highest BCUT2D eigenvalue weighted by molar-refractivity contribution is 8.10. The van der Waals surface area contributed by atoms with Crippen LogP contribution in [0.1, 0.15) is 0 Å². The van der Waals surface area contributed by atoms with Gasteiger partial charge in [-0.25, -0.2) is 0 Å². The largest absolute Gasteiger partial charge is 0.360 e. The van der Waals surface area contributed by atoms with Crippen molar-refractivity contribution in [2.24, 2.45) is 0 Å². The van der Waals surface area contributed by atoms with Crippen LogP contribution in [0.25, 0.3) is 0 Å². The average Bonchev–Trinajstić information content (AvgIpc) is 1.80. The fourth-order valence-corrected chi connectivity index (χ4v) is 1.04. The summed E-state index contributed by atoms with van der Waals surface area (Å²) in [5.74, 6) is -0.329. The lowest BCUT2D eigenvalue weighted by atomic mass is 10.7. The van der Waals surface area contributed by atoms with Gasteiger partial charge in [0.2, 0.25) is 0 Å². The second-order valence-corrected chi connectivity index (χ2v) is 4.68. The van der Waals surface area contributed by atoms with Gasteiger partial charge in [-0.15, -0.1) is 12.6 Å². The van der Waals surface area contributed by atoms with Gasteiger partial charge in [-0.2, -0.15) is 8.42 Å². The van der Waals surface area contributed by atoms with Gasteiger partial charge in [0.05, 0.1) is 5.75 Å². The van der Waals surface area contributed by atoms with Gasteiger partial charge in [0, 0.05) is 13.6 Å². The Morgan fingerprint density at radius 2 is 2.18 bits per heavy atom. The Morgan fingerprint density at radius 1 is 1.73 bits per heavy atom. The first-order chi connectivity index (χ1) is 4.83. The third-order valence-corrected chi connectivity index (χ3v) is 2.36. The molecule has 0 heterocycles. The highest BCUT2D eigenvalue weighted by Gasteiger charge is 2.07. The maximum absolute atomic E-state index is 10.2. The monoisotopic (exact) mass is 215 g/mol. The van der Waals surface area contributed by atoms with Gasteiger partial charge in [0.15, 0.2) is 0 Å². The van der Waals surface area contributed by atoms with Crippen LogP contribution in [0.15, 0.2) is 0 Å². The van der Waals surface area contributed by atoms with Crippen molar-refractivity contribution in [1.29, 1.82) is 0 Å². The van der Waals surface area contributed by atoms with E-state index in [1.165, 1.54) is 4.90 Å². The first kappa shape index (κ1) is 11.2. The minimum atomic E-state index is -3.89. The molecule has 0 rings (SSSR count). The molecule has 0 aromatic rings. The van der Waals surface area contributed by atoms with Crippen molar-refractivity contribution >= 4 is 39.3 Å². The molecular formula is C4H9NO3S3. The minimum absolute atomic E-state index is 0.154. The molecule has 0 aliphatic carbocycles. The number of hydrogen-bond acceptors (Lipinski definition) is 3. The molecular weight excluding hydrogens is 206 g/mol. The topological polar surface area (TPSA) is 57.6 Å². The SMILES string of the molecule is CN(CCS(=O)(=O)O)C(=S)S. The van der Waals surface area contributed by atoms with Gasteiger partial charge in [0.25, 0.3) is 10.1 Å². The summed E-state index contributed by atoms with van der Waals surface area (Å²) in [5.41, 5.74) is 0. The first-order valence-electron chi connectivity index (χ1n) is 2.72. The summed E-state index contributed by atoms with van der Waals surface area (Å²) >= 11 is 8.42. The third-order valence-electron chi connectivity index (χ3n) is 1.01. The van der Waals surface area contributed by atoms with Gasteiger partial charge in [-0.05, 0) is 0 Å². The van der Waals surface area contributed by atoms with E-state index >= 15 is 0 Å². The van der Waals surface area contributed by atoms with Crippen LogP contribution in [-0.4, -0.2) is 41.5 Å². The van der Waals surface area contributed by atoms with E-state index in [1.54, 1.807) is 7.05 Å². The zero-order valence-electron chi connectivity index (χ0n) is 5.89. The lowest BCUT2D eigenvalue weighted by molar-refractivity contribution is 0.468. The van der Waals surface area contributed by atoms with Gasteiger partial charge in [-0.1, -0.05) is 12.2 Å². The number of nitrogens with zero attached hydrogens (tertiary/aromatic N) is 1. The number of thiol groups is 1. The quantitative estimate of drug-likeness (QED) is 0.395. The standard InChI is InChI=1S/C4H9NO3S3/c1-5(4(9)10)2-3-11(6,7)8/h2-3H2,1H3,(H,9,10)(H,6,7,8). The summed E-state index contributed by atoms with van der Waals surface area (Å²) in [7, 11) is -2.29. The highest BCUT2D eigenvalue weighted by atomic mass is 32.2. The van der Waals surface area contributed by atoms with E-state index in [1.807, 2.05) is 0 Å². The van der Waals surface area contributed by atoms with E-state index in [4.69, 9.17) is 4.55 Å². The molecule has 0 amide bonds. The fourth-order valence-electron chi connectivity index (χ4n) is 0.348. The maximum atomic E-state index is 10.2. The van der Waals surface area contributed by atoms with Gasteiger partial charge >= 0.3 is 0 Å². The van der Waals surface area contributed by atoms with Crippen molar-refractivity contribution in [3.8, 4) is 0 Å². The molecule has 66 valence electrons. The molecule has 0 spiro atoms. The van der Waals surface area contributed by atoms with Crippen molar-refractivity contribution in [2.75, 3.05) is 19.3 Å². The Morgan fingerprint density at radius 3 is 2.45 bits per heavy atom. The Bertz CT molecular complexity index is 235. The van der Waals surface area contributed by atoms with Crippen molar-refractivity contribution in [3.05, 3.63) is 0 Å². The Kier molecular flexibility index (Phi) is 4.30. The maximum Gasteiger partial charge on any atom is 0.266 e. The van der Waals surface area contributed by atoms with Crippen LogP contribution >= 0.6 is 24.8 Å². The summed E-state index contributed by atoms with van der Waals surface area (Å²) in [6, 6.07) is 0. The minimum Gasteiger partial charge on any atom is -0.360 e. The van der Waals surface area contributed by atoms with E-state index < -0.39 is 10.1 Å². The molecule has 0 aliphatic rings. The van der Waals surface area contributed by atoms with Gasteiger partial charge < -0.3 is 4.90 Å². The van der Waals surface area contributed by atoms with Crippen LogP contribution in [0.4, 0.5) is 0 Å². The molecule has 1 N–H and O–H groups in total. The zero-order chi connectivity index (χ0) is 9.07. The summed E-state index contributed by atoms with van der Waals surface area (Å²) in [6.07, 6.45) is 0. The van der Waals surface area contributed by atoms with Crippen LogP contribution in [0.5, 0.6) is 0 Å². The normalized spacial score (nSPS) is 11.2. The summed E-state index contributed by atoms with van der Waals surface area (Å²) in [5, 5.41) is 0. The van der Waals surface area contributed by atoms with Gasteiger partial charge in [-0.3, -0.25) is 4.55 Å². The number of rotatable bonds is 3. The molecule has 0 bridgehead atoms. The van der Waals surface area contributed by atoms with Crippen molar-refractivity contribution < 1.29 is 13.0 Å². The van der Waals surface area contributed by atoms with E-state index in [-0.39, 0.29) is 12.3 Å². The molecule has 0 fully saturated rings. The smallest absolute Gasteiger partial charge is 0.266 e. The summed E-state index contributed by atoms with van der Waals surface area (Å²) in [4.78, 5) is 1.45. The molecule has 0 radical (unpaired) electrons. The second-order valence-electron chi connectivity index (χ2n) is 1.99. The van der Waals surface area contributed by atoms with Crippen molar-refractivity contribution in [1.82, 2.24) is 4.90 Å². The van der Waals surface area contributed by atoms with Crippen LogP contribution in [0, 0.1) is 0 Å². The van der Waals surface area contributed by atoms with Crippen LogP contribution in [0.2, 0.25) is 0 Å². The predicted octanol–water partition coefficient (Wildman–Crippen LogP) is 0.0207. The van der Waals surface area contributed by atoms with Crippen LogP contribution < -0.4 is 0 Å². The van der Waals surface area contributed by atoms with Crippen molar-refractivity contribution in [3.63, 3.8) is 0 Å². The zero-order valence-corrected chi connectivity index (χ0v) is 8.42. The third kappa shape index (κ3) is 6.54. The highest BCUT2D eigenvalue weighted by Crippen LogP contribution is 1.93. The van der Waals surface area contributed by atoms with E-state index in [0.717, 1.165) is 0 Å². The molecule has 0 saturated heterocycles. The molecule has 7 heteroatoms. The molecule has 0 atom stereocenters. The number of thiocarbonyl (C=S) groups is 1. The number of hydrogen-bond donors (Lipinski definition) is 2. The Hall–Kier alpha value is 0.150. The van der Waals surface area contributed by atoms with E-state index in [9.17, 15) is 8.42 Å². The molecule has 0 aromatic carbocycles. The fraction of sp³-hybridized carbons (Fsp3) is 0.750. The first-order valence-corrected chi connectivity index (χ1v) is 5.18. The Labute approximate surface area is 76.7 Å². The van der Waals surface area contributed by atoms with E-state index in [0.29, 0.717) is 4.32 Å². The molecule has 11 heavy (non-hydrogen) atoms. The average molecular weight is 215 g/mol. The second kappa shape index (κ2) is 4.24. The Balaban J connectivity index is 3.82. The summed E-state index contributed by atoms with van der Waals surface area (Å²) < 4.78 is 29.1. The van der Waals surface area contributed by atoms with Gasteiger partial charge in [0.1, 0.15) is 4.32 Å². The molecule has 0 aromatic heterocycles. The predicted molar refractivity (Wildman–Crippen MR) is 50.6 cm³/mol. The van der Waals surface area contributed by atoms with Crippen LogP contribution in [0.3, 0.4) is 0 Å². The molecule has 4 nitrogen and oxygen atoms in total. The lowest BCUT2D eigenvalue weighted by Gasteiger charge is -2.14. The van der Waals surface area contributed by atoms with Crippen LogP contribution in [-0.2, 0) is 10.1 Å².